The third kappa shape index (κ3) is 1.79. The van der Waals surface area contributed by atoms with Gasteiger partial charge in [0, 0.05) is 24.4 Å². The van der Waals surface area contributed by atoms with Gasteiger partial charge >= 0.3 is 0 Å². The van der Waals surface area contributed by atoms with E-state index in [0.29, 0.717) is 0 Å². The molecule has 1 saturated carbocycles. The Morgan fingerprint density at radius 3 is 2.81 bits per heavy atom. The summed E-state index contributed by atoms with van der Waals surface area (Å²) in [6.45, 7) is 3.57. The summed E-state index contributed by atoms with van der Waals surface area (Å²) in [5.74, 6) is 3.01. The van der Waals surface area contributed by atoms with E-state index in [2.05, 4.69) is 17.7 Å². The fourth-order valence-corrected chi connectivity index (χ4v) is 3.34. The molecule has 2 heteroatoms. The van der Waals surface area contributed by atoms with Crippen molar-refractivity contribution in [3.63, 3.8) is 0 Å². The fourth-order valence-electron chi connectivity index (χ4n) is 3.34. The Labute approximate surface area is 98.1 Å². The second-order valence-electron chi connectivity index (χ2n) is 5.69. The molecule has 0 saturated heterocycles. The predicted octanol–water partition coefficient (Wildman–Crippen LogP) is 3.51. The Morgan fingerprint density at radius 1 is 1.19 bits per heavy atom. The van der Waals surface area contributed by atoms with Crippen LogP contribution < -0.4 is 0 Å². The first-order valence-corrected chi connectivity index (χ1v) is 6.89. The molecule has 0 radical (unpaired) electrons. The van der Waals surface area contributed by atoms with Crippen LogP contribution in [0.25, 0.3) is 0 Å². The highest BCUT2D eigenvalue weighted by atomic mass is 15.1. The van der Waals surface area contributed by atoms with Gasteiger partial charge in [0.1, 0.15) is 5.82 Å². The van der Waals surface area contributed by atoms with Gasteiger partial charge in [-0.15, -0.1) is 0 Å². The predicted molar refractivity (Wildman–Crippen MR) is 65.5 cm³/mol. The van der Waals surface area contributed by atoms with Crippen LogP contribution in [0, 0.1) is 5.92 Å². The van der Waals surface area contributed by atoms with Gasteiger partial charge in [0.2, 0.25) is 0 Å². The zero-order valence-corrected chi connectivity index (χ0v) is 10.3. The number of imidazole rings is 1. The lowest BCUT2D eigenvalue weighted by Gasteiger charge is -2.26. The molecule has 0 N–H and O–H groups in total. The second-order valence-corrected chi connectivity index (χ2v) is 5.69. The van der Waals surface area contributed by atoms with Crippen LogP contribution in [-0.2, 0) is 13.0 Å². The lowest BCUT2D eigenvalue weighted by atomic mass is 9.88. The first kappa shape index (κ1) is 10.4. The molecule has 1 aromatic heterocycles. The lowest BCUT2D eigenvalue weighted by Crippen LogP contribution is -2.20. The molecular weight excluding hydrogens is 196 g/mol. The molecule has 1 atom stereocenters. The van der Waals surface area contributed by atoms with Crippen LogP contribution in [0.1, 0.15) is 62.9 Å². The van der Waals surface area contributed by atoms with Gasteiger partial charge in [-0.1, -0.05) is 26.2 Å². The summed E-state index contributed by atoms with van der Waals surface area (Å²) in [5, 5.41) is 0. The first-order valence-electron chi connectivity index (χ1n) is 6.89. The molecule has 1 aliphatic heterocycles. The van der Waals surface area contributed by atoms with Crippen molar-refractivity contribution in [1.82, 2.24) is 9.55 Å². The quantitative estimate of drug-likeness (QED) is 0.705. The minimum atomic E-state index is 0.760. The number of hydrogen-bond acceptors (Lipinski definition) is 1. The summed E-state index contributed by atoms with van der Waals surface area (Å²) in [6.07, 6.45) is 11.7. The molecule has 0 bridgehead atoms. The Kier molecular flexibility index (Phi) is 2.74. The van der Waals surface area contributed by atoms with Gasteiger partial charge in [-0.25, -0.2) is 4.98 Å². The number of rotatable bonds is 1. The molecule has 88 valence electrons. The average Bonchev–Trinajstić information content (AvgIpc) is 2.73. The Hall–Kier alpha value is -0.790. The Morgan fingerprint density at radius 2 is 2.00 bits per heavy atom. The second kappa shape index (κ2) is 4.23. The summed E-state index contributed by atoms with van der Waals surface area (Å²) < 4.78 is 2.52. The van der Waals surface area contributed by atoms with Gasteiger partial charge in [-0.2, -0.15) is 0 Å². The van der Waals surface area contributed by atoms with E-state index in [1.54, 1.807) is 0 Å². The van der Waals surface area contributed by atoms with Crippen molar-refractivity contribution in [2.24, 2.45) is 5.92 Å². The van der Waals surface area contributed by atoms with Crippen molar-refractivity contribution in [2.45, 2.75) is 64.3 Å². The van der Waals surface area contributed by atoms with Crippen molar-refractivity contribution in [3.8, 4) is 0 Å². The Bertz CT molecular complexity index is 361. The van der Waals surface area contributed by atoms with Crippen molar-refractivity contribution in [3.05, 3.63) is 17.7 Å². The van der Waals surface area contributed by atoms with E-state index in [1.807, 2.05) is 0 Å². The maximum Gasteiger partial charge on any atom is 0.111 e. The van der Waals surface area contributed by atoms with E-state index in [0.717, 1.165) is 11.8 Å². The van der Waals surface area contributed by atoms with Crippen LogP contribution >= 0.6 is 0 Å². The van der Waals surface area contributed by atoms with Gasteiger partial charge < -0.3 is 4.57 Å². The normalized spacial score (nSPS) is 26.7. The number of hydrogen-bond donors (Lipinski definition) is 0. The molecule has 2 heterocycles. The van der Waals surface area contributed by atoms with E-state index in [1.165, 1.54) is 63.0 Å². The lowest BCUT2D eigenvalue weighted by molar-refractivity contribution is 0.374. The van der Waals surface area contributed by atoms with Crippen LogP contribution in [0.4, 0.5) is 0 Å². The number of aromatic nitrogens is 2. The zero-order chi connectivity index (χ0) is 11.0. The van der Waals surface area contributed by atoms with E-state index in [4.69, 9.17) is 4.98 Å². The van der Waals surface area contributed by atoms with Gasteiger partial charge in [0.25, 0.3) is 0 Å². The van der Waals surface area contributed by atoms with Gasteiger partial charge in [0.05, 0.1) is 0 Å². The van der Waals surface area contributed by atoms with Crippen molar-refractivity contribution in [1.29, 1.82) is 0 Å². The third-order valence-electron chi connectivity index (χ3n) is 4.34. The fraction of sp³-hybridized carbons (Fsp3) is 0.786. The standard InChI is InChI=1S/C14H22N2/c1-11-7-8-16-13(9-11)10-15-14(16)12-5-3-2-4-6-12/h10-12H,2-9H2,1H3. The summed E-state index contributed by atoms with van der Waals surface area (Å²) in [7, 11) is 0. The highest BCUT2D eigenvalue weighted by Gasteiger charge is 2.24. The SMILES string of the molecule is CC1CCn2c(cnc2C2CCCCC2)C1. The van der Waals surface area contributed by atoms with Gasteiger partial charge in [-0.05, 0) is 31.6 Å². The highest BCUT2D eigenvalue weighted by molar-refractivity contribution is 5.12. The largest absolute Gasteiger partial charge is 0.332 e. The van der Waals surface area contributed by atoms with E-state index in [9.17, 15) is 0 Å². The molecule has 0 amide bonds. The summed E-state index contributed by atoms with van der Waals surface area (Å²) in [5.41, 5.74) is 1.49. The van der Waals surface area contributed by atoms with Crippen LogP contribution in [0.15, 0.2) is 6.20 Å². The summed E-state index contributed by atoms with van der Waals surface area (Å²) in [6, 6.07) is 0. The molecule has 2 nitrogen and oxygen atoms in total. The molecule has 1 aromatic rings. The van der Waals surface area contributed by atoms with Crippen molar-refractivity contribution < 1.29 is 0 Å². The summed E-state index contributed by atoms with van der Waals surface area (Å²) >= 11 is 0. The molecule has 16 heavy (non-hydrogen) atoms. The minimum absolute atomic E-state index is 0.760. The highest BCUT2D eigenvalue weighted by Crippen LogP contribution is 2.34. The van der Waals surface area contributed by atoms with Crippen LogP contribution in [0.3, 0.4) is 0 Å². The Balaban J connectivity index is 1.85. The van der Waals surface area contributed by atoms with Crippen molar-refractivity contribution in [2.75, 3.05) is 0 Å². The zero-order valence-electron chi connectivity index (χ0n) is 10.3. The maximum atomic E-state index is 4.72. The molecule has 1 unspecified atom stereocenters. The van der Waals surface area contributed by atoms with E-state index >= 15 is 0 Å². The number of nitrogens with zero attached hydrogens (tertiary/aromatic N) is 2. The van der Waals surface area contributed by atoms with E-state index < -0.39 is 0 Å². The van der Waals surface area contributed by atoms with E-state index in [-0.39, 0.29) is 0 Å². The molecule has 3 rings (SSSR count). The van der Waals surface area contributed by atoms with Gasteiger partial charge in [0.15, 0.2) is 0 Å². The van der Waals surface area contributed by atoms with Crippen molar-refractivity contribution >= 4 is 0 Å². The topological polar surface area (TPSA) is 17.8 Å². The molecule has 1 fully saturated rings. The molecule has 0 aromatic carbocycles. The summed E-state index contributed by atoms with van der Waals surface area (Å²) in [4.78, 5) is 4.72. The number of fused-ring (bicyclic) bond motifs is 1. The minimum Gasteiger partial charge on any atom is -0.332 e. The average molecular weight is 218 g/mol. The molecule has 2 aliphatic rings. The molecular formula is C14H22N2. The third-order valence-corrected chi connectivity index (χ3v) is 4.34. The van der Waals surface area contributed by atoms with Crippen LogP contribution in [-0.4, -0.2) is 9.55 Å². The molecule has 1 aliphatic carbocycles. The van der Waals surface area contributed by atoms with Gasteiger partial charge in [-0.3, -0.25) is 0 Å². The monoisotopic (exact) mass is 218 g/mol. The maximum absolute atomic E-state index is 4.72. The smallest absolute Gasteiger partial charge is 0.111 e. The molecule has 0 spiro atoms. The first-order chi connectivity index (χ1) is 7.84. The van der Waals surface area contributed by atoms with Crippen LogP contribution in [0.5, 0.6) is 0 Å². The van der Waals surface area contributed by atoms with Crippen LogP contribution in [0.2, 0.25) is 0 Å².